The van der Waals surface area contributed by atoms with Gasteiger partial charge in [-0.2, -0.15) is 0 Å². The molecular formula is C54H50O6P2. The van der Waals surface area contributed by atoms with Gasteiger partial charge in [-0.05, 0) is 147 Å². The molecule has 0 atom stereocenters. The Labute approximate surface area is 367 Å². The first-order valence-electron chi connectivity index (χ1n) is 21.4. The maximum absolute atomic E-state index is 7.20. The molecule has 2 heterocycles. The predicted molar refractivity (Wildman–Crippen MR) is 254 cm³/mol. The van der Waals surface area contributed by atoms with Crippen LogP contribution >= 0.6 is 17.2 Å². The molecule has 1 aliphatic carbocycles. The van der Waals surface area contributed by atoms with Gasteiger partial charge < -0.3 is 27.1 Å². The second-order valence-electron chi connectivity index (χ2n) is 17.0. The maximum Gasteiger partial charge on any atom is 0.530 e. The highest BCUT2D eigenvalue weighted by Crippen LogP contribution is 2.56. The van der Waals surface area contributed by atoms with Crippen LogP contribution in [0, 0.1) is 55.4 Å². The number of fused-ring (bicyclic) bond motifs is 6. The summed E-state index contributed by atoms with van der Waals surface area (Å²) in [6.07, 6.45) is 7.75. The van der Waals surface area contributed by atoms with Crippen molar-refractivity contribution < 1.29 is 27.1 Å². The SMILES string of the molecule is Cc1ccc(C)c2c1Cc1c(C)ccc(C)c1OP(Oc1ccc3c(c1-c1c(OP4Oc5c(C)ccc(C)c5Cc5c(C)ccc(C)c5O4)ccc4ccccc14)C=CCC3)O2. The summed E-state index contributed by atoms with van der Waals surface area (Å²) < 4.78 is 42.2. The van der Waals surface area contributed by atoms with E-state index in [9.17, 15) is 0 Å². The van der Waals surface area contributed by atoms with Gasteiger partial charge in [-0.15, -0.1) is 0 Å². The molecule has 0 saturated heterocycles. The molecule has 0 N–H and O–H groups in total. The Hall–Kier alpha value is -5.80. The van der Waals surface area contributed by atoms with Crippen LogP contribution in [0.2, 0.25) is 0 Å². The van der Waals surface area contributed by atoms with Crippen LogP contribution in [0.15, 0.2) is 103 Å². The zero-order valence-electron chi connectivity index (χ0n) is 36.6. The fourth-order valence-corrected chi connectivity index (χ4v) is 11.6. The highest BCUT2D eigenvalue weighted by atomic mass is 31.2. The first-order valence-corrected chi connectivity index (χ1v) is 23.6. The summed E-state index contributed by atoms with van der Waals surface area (Å²) in [6, 6.07) is 34.1. The summed E-state index contributed by atoms with van der Waals surface area (Å²) in [5.74, 6) is 4.53. The van der Waals surface area contributed by atoms with Crippen LogP contribution in [-0.2, 0) is 19.3 Å². The van der Waals surface area contributed by atoms with Crippen molar-refractivity contribution in [3.05, 3.63) is 181 Å². The first kappa shape index (κ1) is 40.3. The molecule has 0 saturated carbocycles. The van der Waals surface area contributed by atoms with E-state index in [1.54, 1.807) is 0 Å². The van der Waals surface area contributed by atoms with E-state index in [4.69, 9.17) is 27.1 Å². The van der Waals surface area contributed by atoms with Gasteiger partial charge in [-0.25, -0.2) is 0 Å². The molecule has 0 bridgehead atoms. The highest BCUT2D eigenvalue weighted by Gasteiger charge is 2.34. The van der Waals surface area contributed by atoms with Gasteiger partial charge in [0.05, 0.1) is 0 Å². The molecule has 6 nitrogen and oxygen atoms in total. The molecule has 62 heavy (non-hydrogen) atoms. The van der Waals surface area contributed by atoms with Gasteiger partial charge >= 0.3 is 17.2 Å². The summed E-state index contributed by atoms with van der Waals surface area (Å²) in [6.45, 7) is 17.0. The van der Waals surface area contributed by atoms with E-state index in [1.165, 1.54) is 27.8 Å². The van der Waals surface area contributed by atoms with Crippen molar-refractivity contribution in [1.29, 1.82) is 0 Å². The molecule has 0 unspecified atom stereocenters. The summed E-state index contributed by atoms with van der Waals surface area (Å²) in [5, 5.41) is 2.09. The standard InChI is InChI=1S/C54H50O6P2/c1-31-17-21-35(5)51-43(31)29-44-32(2)18-22-36(6)52(44)58-61(57-51)55-47-27-25-39-13-9-11-15-41(39)49(47)50-42-16-12-10-14-40(42)26-28-48(50)56-62-59-53-37(7)23-19-33(3)45(53)30-46-34(4)20-24-38(8)54(46)60-62/h9,11-13,15-28H,10,14,29-30H2,1-8H3. The Morgan fingerprint density at radius 1 is 0.435 bits per heavy atom. The molecule has 7 aromatic rings. The van der Waals surface area contributed by atoms with Crippen LogP contribution in [0.4, 0.5) is 0 Å². The lowest BCUT2D eigenvalue weighted by Gasteiger charge is -2.29. The Morgan fingerprint density at radius 2 is 0.855 bits per heavy atom. The van der Waals surface area contributed by atoms with Crippen LogP contribution in [0.3, 0.4) is 0 Å². The van der Waals surface area contributed by atoms with E-state index in [1.807, 2.05) is 6.07 Å². The monoisotopic (exact) mass is 856 g/mol. The van der Waals surface area contributed by atoms with Crippen molar-refractivity contribution in [2.75, 3.05) is 0 Å². The van der Waals surface area contributed by atoms with Gasteiger partial charge in [0.2, 0.25) is 0 Å². The molecule has 7 aromatic carbocycles. The molecule has 10 rings (SSSR count). The van der Waals surface area contributed by atoms with Crippen LogP contribution in [0.5, 0.6) is 34.5 Å². The molecule has 3 aliphatic rings. The lowest BCUT2D eigenvalue weighted by atomic mass is 9.87. The second kappa shape index (κ2) is 16.2. The van der Waals surface area contributed by atoms with Crippen molar-refractivity contribution >= 4 is 34.1 Å². The van der Waals surface area contributed by atoms with Crippen molar-refractivity contribution in [2.45, 2.75) is 81.1 Å². The average molecular weight is 857 g/mol. The molecule has 0 amide bonds. The number of hydrogen-bond acceptors (Lipinski definition) is 6. The molecule has 0 radical (unpaired) electrons. The quantitative estimate of drug-likeness (QED) is 0.161. The number of allylic oxidation sites excluding steroid dienone is 1. The number of aryl methyl sites for hydroxylation is 9. The summed E-state index contributed by atoms with van der Waals surface area (Å²) in [4.78, 5) is 0. The lowest BCUT2D eigenvalue weighted by molar-refractivity contribution is 0.376. The van der Waals surface area contributed by atoms with Gasteiger partial charge in [0.1, 0.15) is 34.5 Å². The van der Waals surface area contributed by atoms with Crippen LogP contribution in [0.1, 0.15) is 84.3 Å². The van der Waals surface area contributed by atoms with E-state index < -0.39 is 17.2 Å². The molecule has 8 heteroatoms. The van der Waals surface area contributed by atoms with Crippen molar-refractivity contribution in [2.24, 2.45) is 0 Å². The van der Waals surface area contributed by atoms with Crippen molar-refractivity contribution in [1.82, 2.24) is 0 Å². The van der Waals surface area contributed by atoms with Gasteiger partial charge in [0, 0.05) is 46.2 Å². The molecule has 0 aromatic heterocycles. The van der Waals surface area contributed by atoms with Crippen LogP contribution in [0.25, 0.3) is 28.0 Å². The summed E-state index contributed by atoms with van der Waals surface area (Å²) in [7, 11) is -4.00. The molecular weight excluding hydrogens is 807 g/mol. The van der Waals surface area contributed by atoms with Gasteiger partial charge in [0.25, 0.3) is 0 Å². The minimum atomic E-state index is -2.00. The van der Waals surface area contributed by atoms with Crippen LogP contribution < -0.4 is 27.1 Å². The number of benzene rings is 7. The Morgan fingerprint density at radius 3 is 1.34 bits per heavy atom. The molecule has 312 valence electrons. The van der Waals surface area contributed by atoms with E-state index in [2.05, 4.69) is 159 Å². The van der Waals surface area contributed by atoms with Crippen molar-refractivity contribution in [3.8, 4) is 45.6 Å². The number of hydrogen-bond donors (Lipinski definition) is 0. The molecule has 2 aliphatic heterocycles. The summed E-state index contributed by atoms with van der Waals surface area (Å²) in [5.41, 5.74) is 17.6. The first-order chi connectivity index (χ1) is 30.0. The Kier molecular flexibility index (Phi) is 10.5. The highest BCUT2D eigenvalue weighted by molar-refractivity contribution is 7.43. The zero-order valence-corrected chi connectivity index (χ0v) is 38.4. The molecule has 0 fully saturated rings. The third-order valence-electron chi connectivity index (χ3n) is 12.8. The topological polar surface area (TPSA) is 55.4 Å². The minimum absolute atomic E-state index is 0.632. The fourth-order valence-electron chi connectivity index (χ4n) is 9.10. The largest absolute Gasteiger partial charge is 0.530 e. The Balaban J connectivity index is 1.15. The zero-order chi connectivity index (χ0) is 42.8. The lowest BCUT2D eigenvalue weighted by Crippen LogP contribution is -2.13. The Bertz CT molecular complexity index is 2870. The van der Waals surface area contributed by atoms with Gasteiger partial charge in [-0.3, -0.25) is 0 Å². The minimum Gasteiger partial charge on any atom is -0.408 e. The van der Waals surface area contributed by atoms with E-state index in [0.29, 0.717) is 24.3 Å². The molecule has 0 spiro atoms. The smallest absolute Gasteiger partial charge is 0.408 e. The normalized spacial score (nSPS) is 14.5. The third kappa shape index (κ3) is 7.18. The van der Waals surface area contributed by atoms with Gasteiger partial charge in [-0.1, -0.05) is 97.1 Å². The van der Waals surface area contributed by atoms with Crippen LogP contribution in [-0.4, -0.2) is 0 Å². The second-order valence-corrected chi connectivity index (χ2v) is 19.0. The van der Waals surface area contributed by atoms with Gasteiger partial charge in [0.15, 0.2) is 0 Å². The average Bonchev–Trinajstić information content (AvgIpc) is 3.25. The third-order valence-corrected chi connectivity index (χ3v) is 14.8. The van der Waals surface area contributed by atoms with E-state index in [-0.39, 0.29) is 0 Å². The van der Waals surface area contributed by atoms with Crippen molar-refractivity contribution in [3.63, 3.8) is 0 Å². The maximum atomic E-state index is 7.20. The predicted octanol–water partition coefficient (Wildman–Crippen LogP) is 15.3. The number of rotatable bonds is 5. The van der Waals surface area contributed by atoms with E-state index in [0.717, 1.165) is 108 Å². The van der Waals surface area contributed by atoms with E-state index >= 15 is 0 Å². The fraction of sp³-hybridized carbons (Fsp3) is 0.222. The summed E-state index contributed by atoms with van der Waals surface area (Å²) >= 11 is 0.